The summed E-state index contributed by atoms with van der Waals surface area (Å²) in [5.41, 5.74) is 2.50. The van der Waals surface area contributed by atoms with E-state index in [2.05, 4.69) is 16.0 Å². The van der Waals surface area contributed by atoms with Crippen molar-refractivity contribution in [2.75, 3.05) is 29.6 Å². The molecule has 0 bridgehead atoms. The van der Waals surface area contributed by atoms with Crippen molar-refractivity contribution in [1.29, 1.82) is 0 Å². The van der Waals surface area contributed by atoms with Gasteiger partial charge in [0, 0.05) is 16.8 Å². The van der Waals surface area contributed by atoms with Crippen LogP contribution in [-0.4, -0.2) is 25.5 Å². The van der Waals surface area contributed by atoms with Gasteiger partial charge in [-0.3, -0.25) is 9.59 Å². The van der Waals surface area contributed by atoms with Crippen LogP contribution in [0, 0.1) is 12.7 Å². The minimum Gasteiger partial charge on any atom is -0.495 e. The summed E-state index contributed by atoms with van der Waals surface area (Å²) in [6.07, 6.45) is 0. The molecule has 0 saturated heterocycles. The maximum Gasteiger partial charge on any atom is 0.257 e. The molecule has 0 atom stereocenters. The molecule has 0 spiro atoms. The summed E-state index contributed by atoms with van der Waals surface area (Å²) in [4.78, 5) is 25.2. The number of halogens is 2. The molecule has 0 saturated carbocycles. The SMILES string of the molecule is COc1cc(Cl)c(C)cc1NC(=O)c1ccccc1NC(=O)CNc1ccc(F)cc1. The van der Waals surface area contributed by atoms with Gasteiger partial charge in [-0.25, -0.2) is 4.39 Å². The molecule has 0 aromatic heterocycles. The summed E-state index contributed by atoms with van der Waals surface area (Å²) >= 11 is 6.12. The van der Waals surface area contributed by atoms with Crippen LogP contribution in [0.25, 0.3) is 0 Å². The Kier molecular flexibility index (Phi) is 7.10. The van der Waals surface area contributed by atoms with Gasteiger partial charge >= 0.3 is 0 Å². The molecule has 160 valence electrons. The van der Waals surface area contributed by atoms with Gasteiger partial charge in [0.1, 0.15) is 11.6 Å². The fraction of sp³-hybridized carbons (Fsp3) is 0.130. The second-order valence-electron chi connectivity index (χ2n) is 6.71. The lowest BCUT2D eigenvalue weighted by atomic mass is 10.1. The van der Waals surface area contributed by atoms with Crippen LogP contribution in [0.15, 0.2) is 60.7 Å². The minimum atomic E-state index is -0.414. The number of benzene rings is 3. The topological polar surface area (TPSA) is 79.5 Å². The van der Waals surface area contributed by atoms with Crippen LogP contribution in [0.1, 0.15) is 15.9 Å². The predicted octanol–water partition coefficient (Wildman–Crippen LogP) is 5.10. The Morgan fingerprint density at radius 3 is 2.42 bits per heavy atom. The highest BCUT2D eigenvalue weighted by Gasteiger charge is 2.16. The molecule has 3 aromatic carbocycles. The van der Waals surface area contributed by atoms with Gasteiger partial charge in [-0.15, -0.1) is 0 Å². The van der Waals surface area contributed by atoms with Crippen molar-refractivity contribution in [2.24, 2.45) is 0 Å². The first-order valence-electron chi connectivity index (χ1n) is 9.41. The van der Waals surface area contributed by atoms with Crippen LogP contribution in [0.5, 0.6) is 5.75 Å². The van der Waals surface area contributed by atoms with Crippen molar-refractivity contribution in [3.8, 4) is 5.75 Å². The Morgan fingerprint density at radius 2 is 1.71 bits per heavy atom. The van der Waals surface area contributed by atoms with Crippen LogP contribution in [-0.2, 0) is 4.79 Å². The second kappa shape index (κ2) is 9.95. The van der Waals surface area contributed by atoms with Gasteiger partial charge in [0.2, 0.25) is 5.91 Å². The van der Waals surface area contributed by atoms with Gasteiger partial charge in [-0.2, -0.15) is 0 Å². The molecule has 6 nitrogen and oxygen atoms in total. The van der Waals surface area contributed by atoms with E-state index in [0.29, 0.717) is 27.8 Å². The Morgan fingerprint density at radius 1 is 1.00 bits per heavy atom. The number of aryl methyl sites for hydroxylation is 1. The van der Waals surface area contributed by atoms with Gasteiger partial charge in [0.05, 0.1) is 30.6 Å². The van der Waals surface area contributed by atoms with Gasteiger partial charge in [-0.05, 0) is 55.0 Å². The van der Waals surface area contributed by atoms with Gasteiger partial charge in [0.15, 0.2) is 0 Å². The van der Waals surface area contributed by atoms with Crippen molar-refractivity contribution >= 4 is 40.5 Å². The summed E-state index contributed by atoms with van der Waals surface area (Å²) in [7, 11) is 1.49. The number of methoxy groups -OCH3 is 1. The standard InChI is InChI=1S/C23H21ClFN3O3/c1-14-11-20(21(31-2)12-18(14)24)28-23(30)17-5-3-4-6-19(17)27-22(29)13-26-16-9-7-15(25)8-10-16/h3-12,26H,13H2,1-2H3,(H,27,29)(H,28,30). The van der Waals surface area contributed by atoms with Crippen molar-refractivity contribution in [3.63, 3.8) is 0 Å². The van der Waals surface area contributed by atoms with E-state index < -0.39 is 5.91 Å². The van der Waals surface area contributed by atoms with Crippen LogP contribution >= 0.6 is 11.6 Å². The first-order valence-corrected chi connectivity index (χ1v) is 9.79. The third-order valence-corrected chi connectivity index (χ3v) is 4.88. The normalized spacial score (nSPS) is 10.3. The molecule has 0 heterocycles. The fourth-order valence-corrected chi connectivity index (χ4v) is 3.01. The van der Waals surface area contributed by atoms with E-state index in [4.69, 9.17) is 16.3 Å². The molecular weight excluding hydrogens is 421 g/mol. The van der Waals surface area contributed by atoms with Crippen molar-refractivity contribution < 1.29 is 18.7 Å². The molecule has 8 heteroatoms. The molecule has 0 radical (unpaired) electrons. The molecule has 3 N–H and O–H groups in total. The molecule has 0 fully saturated rings. The number of hydrogen-bond donors (Lipinski definition) is 3. The maximum absolute atomic E-state index is 13.0. The third-order valence-electron chi connectivity index (χ3n) is 4.47. The number of rotatable bonds is 7. The summed E-state index contributed by atoms with van der Waals surface area (Å²) in [6, 6.07) is 15.7. The van der Waals surface area contributed by atoms with E-state index in [-0.39, 0.29) is 23.8 Å². The van der Waals surface area contributed by atoms with Gasteiger partial charge in [0.25, 0.3) is 5.91 Å². The molecule has 0 aliphatic heterocycles. The van der Waals surface area contributed by atoms with E-state index in [1.165, 1.54) is 31.4 Å². The largest absolute Gasteiger partial charge is 0.495 e. The summed E-state index contributed by atoms with van der Waals surface area (Å²) in [6.45, 7) is 1.77. The number of carbonyl (C=O) groups excluding carboxylic acids is 2. The molecular formula is C23H21ClFN3O3. The van der Waals surface area contributed by atoms with Gasteiger partial charge < -0.3 is 20.7 Å². The number of amides is 2. The summed E-state index contributed by atoms with van der Waals surface area (Å²) in [5, 5.41) is 8.94. The fourth-order valence-electron chi connectivity index (χ4n) is 2.85. The van der Waals surface area contributed by atoms with Gasteiger partial charge in [-0.1, -0.05) is 23.7 Å². The first-order chi connectivity index (χ1) is 14.9. The van der Waals surface area contributed by atoms with E-state index in [1.807, 2.05) is 6.92 Å². The number of para-hydroxylation sites is 1. The monoisotopic (exact) mass is 441 g/mol. The Labute approximate surface area is 184 Å². The quantitative estimate of drug-likeness (QED) is 0.476. The van der Waals surface area contributed by atoms with Crippen LogP contribution in [0.3, 0.4) is 0 Å². The Bertz CT molecular complexity index is 1100. The van der Waals surface area contributed by atoms with Crippen LogP contribution in [0.2, 0.25) is 5.02 Å². The Balaban J connectivity index is 1.71. The zero-order valence-electron chi connectivity index (χ0n) is 17.0. The highest BCUT2D eigenvalue weighted by atomic mass is 35.5. The molecule has 0 aliphatic carbocycles. The lowest BCUT2D eigenvalue weighted by Crippen LogP contribution is -2.24. The van der Waals surface area contributed by atoms with E-state index >= 15 is 0 Å². The molecule has 31 heavy (non-hydrogen) atoms. The highest BCUT2D eigenvalue weighted by Crippen LogP contribution is 2.31. The zero-order chi connectivity index (χ0) is 22.4. The average Bonchev–Trinajstić information content (AvgIpc) is 2.76. The molecule has 3 aromatic rings. The smallest absolute Gasteiger partial charge is 0.257 e. The zero-order valence-corrected chi connectivity index (χ0v) is 17.7. The maximum atomic E-state index is 13.0. The van der Waals surface area contributed by atoms with E-state index in [0.717, 1.165) is 5.56 Å². The minimum absolute atomic E-state index is 0.0498. The molecule has 0 unspecified atom stereocenters. The summed E-state index contributed by atoms with van der Waals surface area (Å²) < 4.78 is 18.3. The lowest BCUT2D eigenvalue weighted by molar-refractivity contribution is -0.114. The molecule has 3 rings (SSSR count). The van der Waals surface area contributed by atoms with E-state index in [1.54, 1.807) is 36.4 Å². The van der Waals surface area contributed by atoms with Crippen molar-refractivity contribution in [3.05, 3.63) is 82.6 Å². The average molecular weight is 442 g/mol. The second-order valence-corrected chi connectivity index (χ2v) is 7.12. The number of carbonyl (C=O) groups is 2. The summed E-state index contributed by atoms with van der Waals surface area (Å²) in [5.74, 6) is -0.705. The van der Waals surface area contributed by atoms with Crippen LogP contribution in [0.4, 0.5) is 21.5 Å². The molecule has 2 amide bonds. The molecule has 0 aliphatic rings. The van der Waals surface area contributed by atoms with Crippen molar-refractivity contribution in [2.45, 2.75) is 6.92 Å². The lowest BCUT2D eigenvalue weighted by Gasteiger charge is -2.15. The number of hydrogen-bond acceptors (Lipinski definition) is 4. The number of nitrogens with one attached hydrogen (secondary N) is 3. The third kappa shape index (κ3) is 5.73. The number of ether oxygens (including phenoxy) is 1. The first kappa shape index (κ1) is 22.1. The van der Waals surface area contributed by atoms with Crippen LogP contribution < -0.4 is 20.7 Å². The van der Waals surface area contributed by atoms with Crippen molar-refractivity contribution in [1.82, 2.24) is 0 Å². The predicted molar refractivity (Wildman–Crippen MR) is 121 cm³/mol. The van der Waals surface area contributed by atoms with E-state index in [9.17, 15) is 14.0 Å². The Hall–Kier alpha value is -3.58. The highest BCUT2D eigenvalue weighted by molar-refractivity contribution is 6.31. The number of anilines is 3.